The fourth-order valence-electron chi connectivity index (χ4n) is 1.34. The predicted octanol–water partition coefficient (Wildman–Crippen LogP) is 1.65. The van der Waals surface area contributed by atoms with Gasteiger partial charge in [-0.1, -0.05) is 32.0 Å². The highest BCUT2D eigenvalue weighted by Crippen LogP contribution is 2.25. The number of aromatic carboxylic acids is 1. The Labute approximate surface area is 83.0 Å². The molecule has 2 N–H and O–H groups in total. The second-order valence-electron chi connectivity index (χ2n) is 3.89. The van der Waals surface area contributed by atoms with Crippen molar-refractivity contribution >= 4 is 5.97 Å². The normalized spacial score (nSPS) is 11.4. The van der Waals surface area contributed by atoms with Crippen LogP contribution < -0.4 is 0 Å². The van der Waals surface area contributed by atoms with E-state index in [0.717, 1.165) is 0 Å². The molecule has 0 radical (unpaired) electrons. The Balaban J connectivity index is 3.27. The molecule has 3 heteroatoms. The Hall–Kier alpha value is -1.35. The molecular formula is C11H14O3. The van der Waals surface area contributed by atoms with Crippen LogP contribution in [0.5, 0.6) is 0 Å². The molecule has 0 aliphatic carbocycles. The lowest BCUT2D eigenvalue weighted by molar-refractivity contribution is 0.0693. The van der Waals surface area contributed by atoms with Crippen molar-refractivity contribution in [3.8, 4) is 0 Å². The van der Waals surface area contributed by atoms with Gasteiger partial charge >= 0.3 is 5.97 Å². The summed E-state index contributed by atoms with van der Waals surface area (Å²) in [5.74, 6) is -0.956. The van der Waals surface area contributed by atoms with Crippen LogP contribution in [-0.4, -0.2) is 22.8 Å². The number of carboxylic acids is 1. The molecular weight excluding hydrogens is 180 g/mol. The average Bonchev–Trinajstić information content (AvgIpc) is 2.18. The predicted molar refractivity (Wildman–Crippen MR) is 53.5 cm³/mol. The summed E-state index contributed by atoms with van der Waals surface area (Å²) in [5, 5.41) is 18.1. The van der Waals surface area contributed by atoms with Crippen LogP contribution in [0.3, 0.4) is 0 Å². The minimum Gasteiger partial charge on any atom is -0.478 e. The first kappa shape index (κ1) is 10.7. The molecule has 0 bridgehead atoms. The molecule has 0 aliphatic heterocycles. The number of aliphatic hydroxyl groups excluding tert-OH is 1. The molecule has 1 aromatic carbocycles. The maximum Gasteiger partial charge on any atom is 0.335 e. The van der Waals surface area contributed by atoms with Gasteiger partial charge in [0.1, 0.15) is 0 Å². The number of benzene rings is 1. The van der Waals surface area contributed by atoms with Gasteiger partial charge in [0, 0.05) is 5.41 Å². The van der Waals surface area contributed by atoms with Crippen LogP contribution in [0.1, 0.15) is 29.8 Å². The molecule has 76 valence electrons. The van der Waals surface area contributed by atoms with E-state index in [-0.39, 0.29) is 12.2 Å². The molecule has 0 saturated carbocycles. The van der Waals surface area contributed by atoms with Gasteiger partial charge in [0.05, 0.1) is 12.2 Å². The van der Waals surface area contributed by atoms with Crippen molar-refractivity contribution in [3.05, 3.63) is 35.4 Å². The number of aliphatic hydroxyl groups is 1. The Morgan fingerprint density at radius 1 is 1.36 bits per heavy atom. The Bertz CT molecular complexity index is 342. The lowest BCUT2D eigenvalue weighted by Gasteiger charge is -2.23. The fourth-order valence-corrected chi connectivity index (χ4v) is 1.34. The first-order valence-corrected chi connectivity index (χ1v) is 4.42. The molecule has 1 rings (SSSR count). The van der Waals surface area contributed by atoms with Crippen LogP contribution in [0.4, 0.5) is 0 Å². The van der Waals surface area contributed by atoms with E-state index in [1.165, 1.54) is 0 Å². The van der Waals surface area contributed by atoms with Crippen LogP contribution in [0, 0.1) is 0 Å². The molecule has 0 spiro atoms. The van der Waals surface area contributed by atoms with Gasteiger partial charge in [-0.05, 0) is 11.6 Å². The maximum atomic E-state index is 10.9. The van der Waals surface area contributed by atoms with Crippen LogP contribution in [-0.2, 0) is 5.41 Å². The lowest BCUT2D eigenvalue weighted by Crippen LogP contribution is -2.25. The van der Waals surface area contributed by atoms with Gasteiger partial charge in [-0.15, -0.1) is 0 Å². The summed E-state index contributed by atoms with van der Waals surface area (Å²) >= 11 is 0. The zero-order chi connectivity index (χ0) is 10.8. The second kappa shape index (κ2) is 3.80. The van der Waals surface area contributed by atoms with Gasteiger partial charge in [-0.2, -0.15) is 0 Å². The summed E-state index contributed by atoms with van der Waals surface area (Å²) in [4.78, 5) is 10.9. The van der Waals surface area contributed by atoms with Crippen LogP contribution in [0.2, 0.25) is 0 Å². The first-order valence-electron chi connectivity index (χ1n) is 4.42. The minimum atomic E-state index is -0.956. The first-order chi connectivity index (χ1) is 6.49. The van der Waals surface area contributed by atoms with Crippen molar-refractivity contribution in [1.29, 1.82) is 0 Å². The summed E-state index contributed by atoms with van der Waals surface area (Å²) in [5.41, 5.74) is 0.399. The Kier molecular flexibility index (Phi) is 2.91. The second-order valence-corrected chi connectivity index (χ2v) is 3.89. The highest BCUT2D eigenvalue weighted by molar-refractivity contribution is 5.89. The van der Waals surface area contributed by atoms with E-state index in [9.17, 15) is 4.79 Å². The van der Waals surface area contributed by atoms with Crippen molar-refractivity contribution in [2.75, 3.05) is 6.61 Å². The SMILES string of the molecule is CC(C)(CO)c1ccccc1C(=O)O. The van der Waals surface area contributed by atoms with E-state index in [2.05, 4.69) is 0 Å². The number of hydrogen-bond acceptors (Lipinski definition) is 2. The molecule has 0 heterocycles. The van der Waals surface area contributed by atoms with Crippen molar-refractivity contribution in [2.45, 2.75) is 19.3 Å². The van der Waals surface area contributed by atoms with Gasteiger partial charge in [-0.25, -0.2) is 4.79 Å². The summed E-state index contributed by atoms with van der Waals surface area (Å²) < 4.78 is 0. The van der Waals surface area contributed by atoms with Gasteiger partial charge in [0.25, 0.3) is 0 Å². The van der Waals surface area contributed by atoms with Crippen molar-refractivity contribution in [3.63, 3.8) is 0 Å². The Morgan fingerprint density at radius 3 is 2.43 bits per heavy atom. The molecule has 0 fully saturated rings. The third-order valence-corrected chi connectivity index (χ3v) is 2.28. The minimum absolute atomic E-state index is 0.0721. The third kappa shape index (κ3) is 1.93. The van der Waals surface area contributed by atoms with E-state index in [1.54, 1.807) is 24.3 Å². The van der Waals surface area contributed by atoms with E-state index in [4.69, 9.17) is 10.2 Å². The van der Waals surface area contributed by atoms with Crippen molar-refractivity contribution in [2.24, 2.45) is 0 Å². The molecule has 0 amide bonds. The summed E-state index contributed by atoms with van der Waals surface area (Å²) in [6, 6.07) is 6.74. The summed E-state index contributed by atoms with van der Waals surface area (Å²) in [6.45, 7) is 3.56. The van der Waals surface area contributed by atoms with E-state index in [1.807, 2.05) is 13.8 Å². The molecule has 1 aromatic rings. The number of rotatable bonds is 3. The number of hydrogen-bond donors (Lipinski definition) is 2. The van der Waals surface area contributed by atoms with E-state index >= 15 is 0 Å². The topological polar surface area (TPSA) is 57.5 Å². The Morgan fingerprint density at radius 2 is 1.93 bits per heavy atom. The van der Waals surface area contributed by atoms with Crippen LogP contribution in [0.15, 0.2) is 24.3 Å². The average molecular weight is 194 g/mol. The van der Waals surface area contributed by atoms with E-state index < -0.39 is 11.4 Å². The molecule has 0 aromatic heterocycles. The zero-order valence-corrected chi connectivity index (χ0v) is 8.32. The van der Waals surface area contributed by atoms with Crippen LogP contribution >= 0.6 is 0 Å². The van der Waals surface area contributed by atoms with Gasteiger partial charge in [0.15, 0.2) is 0 Å². The maximum absolute atomic E-state index is 10.9. The number of carboxylic acid groups (broad SMARTS) is 1. The van der Waals surface area contributed by atoms with Gasteiger partial charge in [-0.3, -0.25) is 0 Å². The molecule has 3 nitrogen and oxygen atoms in total. The summed E-state index contributed by atoms with van der Waals surface area (Å²) in [6.07, 6.45) is 0. The summed E-state index contributed by atoms with van der Waals surface area (Å²) in [7, 11) is 0. The quantitative estimate of drug-likeness (QED) is 0.769. The van der Waals surface area contributed by atoms with Crippen molar-refractivity contribution < 1.29 is 15.0 Å². The highest BCUT2D eigenvalue weighted by Gasteiger charge is 2.24. The molecule has 0 atom stereocenters. The van der Waals surface area contributed by atoms with E-state index in [0.29, 0.717) is 5.56 Å². The smallest absolute Gasteiger partial charge is 0.335 e. The molecule has 0 saturated heterocycles. The van der Waals surface area contributed by atoms with Crippen LogP contribution in [0.25, 0.3) is 0 Å². The fraction of sp³-hybridized carbons (Fsp3) is 0.364. The monoisotopic (exact) mass is 194 g/mol. The molecule has 0 aliphatic rings. The lowest BCUT2D eigenvalue weighted by atomic mass is 9.82. The highest BCUT2D eigenvalue weighted by atomic mass is 16.4. The standard InChI is InChI=1S/C11H14O3/c1-11(2,7-12)9-6-4-3-5-8(9)10(13)14/h3-6,12H,7H2,1-2H3,(H,13,14). The van der Waals surface area contributed by atoms with Gasteiger partial charge in [0.2, 0.25) is 0 Å². The third-order valence-electron chi connectivity index (χ3n) is 2.28. The zero-order valence-electron chi connectivity index (χ0n) is 8.32. The number of carbonyl (C=O) groups is 1. The van der Waals surface area contributed by atoms with Crippen molar-refractivity contribution in [1.82, 2.24) is 0 Å². The molecule has 0 unspecified atom stereocenters. The largest absolute Gasteiger partial charge is 0.478 e. The van der Waals surface area contributed by atoms with Gasteiger partial charge < -0.3 is 10.2 Å². The molecule has 14 heavy (non-hydrogen) atoms.